The average Bonchev–Trinajstić information content (AvgIpc) is 2.92. The maximum Gasteiger partial charge on any atom is 0.136 e. The molecule has 14 heavy (non-hydrogen) atoms. The van der Waals surface area contributed by atoms with Gasteiger partial charge in [-0.3, -0.25) is 0 Å². The van der Waals surface area contributed by atoms with Crippen LogP contribution in [0.1, 0.15) is 18.4 Å². The highest BCUT2D eigenvalue weighted by Crippen LogP contribution is 2.32. The van der Waals surface area contributed by atoms with Crippen LogP contribution in [0.5, 0.6) is 5.75 Å². The summed E-state index contributed by atoms with van der Waals surface area (Å²) in [5, 5.41) is 0. The molecule has 0 amide bonds. The van der Waals surface area contributed by atoms with Crippen molar-refractivity contribution in [3.63, 3.8) is 0 Å². The zero-order chi connectivity index (χ0) is 10.1. The predicted molar refractivity (Wildman–Crippen MR) is 57.1 cm³/mol. The van der Waals surface area contributed by atoms with Crippen molar-refractivity contribution in [1.82, 2.24) is 0 Å². The smallest absolute Gasteiger partial charge is 0.136 e. The lowest BCUT2D eigenvalue weighted by atomic mass is 10.2. The van der Waals surface area contributed by atoms with Gasteiger partial charge < -0.3 is 4.74 Å². The molecule has 1 fully saturated rings. The Labute approximate surface area is 91.4 Å². The molecule has 0 spiro atoms. The van der Waals surface area contributed by atoms with Gasteiger partial charge in [-0.15, -0.1) is 0 Å². The van der Waals surface area contributed by atoms with Gasteiger partial charge in [0.2, 0.25) is 0 Å². The Morgan fingerprint density at radius 1 is 1.50 bits per heavy atom. The van der Waals surface area contributed by atoms with Crippen molar-refractivity contribution < 1.29 is 9.13 Å². The van der Waals surface area contributed by atoms with Crippen molar-refractivity contribution in [2.24, 2.45) is 5.92 Å². The summed E-state index contributed by atoms with van der Waals surface area (Å²) in [5.74, 6) is 1.09. The van der Waals surface area contributed by atoms with E-state index < -0.39 is 0 Å². The highest BCUT2D eigenvalue weighted by Gasteiger charge is 2.22. The molecule has 0 heterocycles. The lowest BCUT2D eigenvalue weighted by Gasteiger charge is -2.08. The Morgan fingerprint density at radius 2 is 2.21 bits per heavy atom. The molecule has 1 aromatic carbocycles. The van der Waals surface area contributed by atoms with Gasteiger partial charge in [0, 0.05) is 6.07 Å². The van der Waals surface area contributed by atoms with E-state index in [0.717, 1.165) is 4.47 Å². The zero-order valence-corrected chi connectivity index (χ0v) is 9.60. The highest BCUT2D eigenvalue weighted by molar-refractivity contribution is 9.10. The Bertz CT molecular complexity index is 347. The molecular weight excluding hydrogens is 247 g/mol. The van der Waals surface area contributed by atoms with Crippen molar-refractivity contribution in [3.8, 4) is 5.75 Å². The van der Waals surface area contributed by atoms with Crippen LogP contribution in [0.4, 0.5) is 4.39 Å². The van der Waals surface area contributed by atoms with Gasteiger partial charge in [0.05, 0.1) is 11.1 Å². The summed E-state index contributed by atoms with van der Waals surface area (Å²) in [7, 11) is 0. The number of benzene rings is 1. The molecule has 0 N–H and O–H groups in total. The first-order valence-electron chi connectivity index (χ1n) is 4.75. The predicted octanol–water partition coefficient (Wildman–Crippen LogP) is 3.69. The molecule has 1 aliphatic rings. The fourth-order valence-corrected chi connectivity index (χ4v) is 1.80. The molecule has 1 nitrogen and oxygen atoms in total. The van der Waals surface area contributed by atoms with Gasteiger partial charge in [0.15, 0.2) is 0 Å². The van der Waals surface area contributed by atoms with Crippen molar-refractivity contribution in [3.05, 3.63) is 28.0 Å². The summed E-state index contributed by atoms with van der Waals surface area (Å²) < 4.78 is 19.5. The molecule has 0 unspecified atom stereocenters. The Morgan fingerprint density at radius 3 is 2.86 bits per heavy atom. The third-order valence-corrected chi connectivity index (χ3v) is 3.00. The SMILES string of the molecule is Cc1cc(Br)c(OCC2CC2)cc1F. The molecule has 1 aromatic rings. The topological polar surface area (TPSA) is 9.23 Å². The van der Waals surface area contributed by atoms with Crippen LogP contribution >= 0.6 is 15.9 Å². The minimum Gasteiger partial charge on any atom is -0.492 e. The number of hydrogen-bond donors (Lipinski definition) is 0. The molecule has 0 aromatic heterocycles. The lowest BCUT2D eigenvalue weighted by molar-refractivity contribution is 0.296. The van der Waals surface area contributed by atoms with Crippen LogP contribution in [-0.4, -0.2) is 6.61 Å². The molecule has 0 saturated heterocycles. The van der Waals surface area contributed by atoms with Crippen LogP contribution in [-0.2, 0) is 0 Å². The van der Waals surface area contributed by atoms with E-state index in [-0.39, 0.29) is 5.82 Å². The second kappa shape index (κ2) is 3.89. The van der Waals surface area contributed by atoms with Crippen molar-refractivity contribution >= 4 is 15.9 Å². The van der Waals surface area contributed by atoms with Crippen molar-refractivity contribution in [2.45, 2.75) is 19.8 Å². The molecule has 76 valence electrons. The molecule has 2 rings (SSSR count). The van der Waals surface area contributed by atoms with Gasteiger partial charge in [-0.1, -0.05) is 0 Å². The second-order valence-corrected chi connectivity index (χ2v) is 4.64. The minimum atomic E-state index is -0.209. The van der Waals surface area contributed by atoms with E-state index in [1.807, 2.05) is 0 Å². The molecule has 1 aliphatic carbocycles. The molecule has 0 aliphatic heterocycles. The van der Waals surface area contributed by atoms with Gasteiger partial charge in [-0.25, -0.2) is 4.39 Å². The van der Waals surface area contributed by atoms with Crippen LogP contribution in [0.2, 0.25) is 0 Å². The quantitative estimate of drug-likeness (QED) is 0.804. The van der Waals surface area contributed by atoms with E-state index in [1.54, 1.807) is 13.0 Å². The molecule has 0 radical (unpaired) electrons. The maximum absolute atomic E-state index is 13.2. The van der Waals surface area contributed by atoms with Crippen molar-refractivity contribution in [1.29, 1.82) is 0 Å². The first kappa shape index (κ1) is 9.97. The summed E-state index contributed by atoms with van der Waals surface area (Å²) in [5.41, 5.74) is 0.635. The lowest BCUT2D eigenvalue weighted by Crippen LogP contribution is -2.00. The summed E-state index contributed by atoms with van der Waals surface area (Å²) >= 11 is 3.36. The minimum absolute atomic E-state index is 0.209. The summed E-state index contributed by atoms with van der Waals surface area (Å²) in [6.07, 6.45) is 2.48. The first-order chi connectivity index (χ1) is 6.66. The summed E-state index contributed by atoms with van der Waals surface area (Å²) in [6, 6.07) is 3.19. The zero-order valence-electron chi connectivity index (χ0n) is 8.02. The number of halogens is 2. The van der Waals surface area contributed by atoms with Crippen LogP contribution in [0.25, 0.3) is 0 Å². The molecular formula is C11H12BrFO. The van der Waals surface area contributed by atoms with Crippen LogP contribution < -0.4 is 4.74 Å². The number of rotatable bonds is 3. The van der Waals surface area contributed by atoms with Crippen LogP contribution in [0.3, 0.4) is 0 Å². The number of hydrogen-bond acceptors (Lipinski definition) is 1. The van der Waals surface area contributed by atoms with Crippen LogP contribution in [0, 0.1) is 18.7 Å². The van der Waals surface area contributed by atoms with Gasteiger partial charge in [0.1, 0.15) is 11.6 Å². The number of aryl methyl sites for hydroxylation is 1. The van der Waals surface area contributed by atoms with Gasteiger partial charge in [0.25, 0.3) is 0 Å². The van der Waals surface area contributed by atoms with E-state index in [0.29, 0.717) is 23.8 Å². The van der Waals surface area contributed by atoms with E-state index in [4.69, 9.17) is 4.74 Å². The van der Waals surface area contributed by atoms with Gasteiger partial charge >= 0.3 is 0 Å². The molecule has 3 heteroatoms. The highest BCUT2D eigenvalue weighted by atomic mass is 79.9. The van der Waals surface area contributed by atoms with Gasteiger partial charge in [-0.2, -0.15) is 0 Å². The first-order valence-corrected chi connectivity index (χ1v) is 5.54. The van der Waals surface area contributed by atoms with Crippen LogP contribution in [0.15, 0.2) is 16.6 Å². The Hall–Kier alpha value is -0.570. The van der Waals surface area contributed by atoms with E-state index in [9.17, 15) is 4.39 Å². The fourth-order valence-electron chi connectivity index (χ4n) is 1.23. The average molecular weight is 259 g/mol. The third-order valence-electron chi connectivity index (χ3n) is 2.38. The van der Waals surface area contributed by atoms with E-state index in [1.165, 1.54) is 18.9 Å². The second-order valence-electron chi connectivity index (χ2n) is 3.79. The molecule has 1 saturated carbocycles. The van der Waals surface area contributed by atoms with Gasteiger partial charge in [-0.05, 0) is 53.2 Å². The summed E-state index contributed by atoms with van der Waals surface area (Å²) in [4.78, 5) is 0. The largest absolute Gasteiger partial charge is 0.492 e. The maximum atomic E-state index is 13.2. The Kier molecular flexibility index (Phi) is 2.77. The molecule has 0 atom stereocenters. The monoisotopic (exact) mass is 258 g/mol. The third kappa shape index (κ3) is 2.27. The normalized spacial score (nSPS) is 15.6. The summed E-state index contributed by atoms with van der Waals surface area (Å²) in [6.45, 7) is 2.45. The van der Waals surface area contributed by atoms with Crippen molar-refractivity contribution in [2.75, 3.05) is 6.61 Å². The molecule has 0 bridgehead atoms. The standard InChI is InChI=1S/C11H12BrFO/c1-7-4-9(12)11(5-10(7)13)14-6-8-2-3-8/h4-5,8H,2-3,6H2,1H3. The fraction of sp³-hybridized carbons (Fsp3) is 0.455. The van der Waals surface area contributed by atoms with E-state index in [2.05, 4.69) is 15.9 Å². The number of ether oxygens (including phenoxy) is 1. The van der Waals surface area contributed by atoms with E-state index >= 15 is 0 Å². The Balaban J connectivity index is 2.10.